The van der Waals surface area contributed by atoms with E-state index >= 15 is 0 Å². The van der Waals surface area contributed by atoms with Crippen molar-refractivity contribution < 1.29 is 0 Å². The summed E-state index contributed by atoms with van der Waals surface area (Å²) in [6.45, 7) is 2.36. The van der Waals surface area contributed by atoms with E-state index in [0.29, 0.717) is 5.41 Å². The van der Waals surface area contributed by atoms with Gasteiger partial charge in [-0.05, 0) is 49.0 Å². The van der Waals surface area contributed by atoms with Crippen LogP contribution in [0, 0.1) is 11.3 Å². The Hall–Kier alpha value is 0.640. The first-order valence-corrected chi connectivity index (χ1v) is 6.70. The molecule has 2 heteroatoms. The average molecular weight is 207 g/mol. The second-order valence-corrected chi connectivity index (χ2v) is 5.41. The molecule has 1 aliphatic carbocycles. The molecule has 1 unspecified atom stereocenters. The topological polar surface area (TPSA) is 0 Å². The third-order valence-corrected chi connectivity index (χ3v) is 4.27. The summed E-state index contributed by atoms with van der Waals surface area (Å²) in [6, 6.07) is 0. The summed E-state index contributed by atoms with van der Waals surface area (Å²) in [5, 5.41) is 0. The van der Waals surface area contributed by atoms with Crippen LogP contribution in [0.15, 0.2) is 0 Å². The fraction of sp³-hybridized carbons (Fsp3) is 1.00. The van der Waals surface area contributed by atoms with Gasteiger partial charge in [0.15, 0.2) is 0 Å². The second-order valence-electron chi connectivity index (χ2n) is 4.16. The van der Waals surface area contributed by atoms with Crippen LogP contribution >= 0.6 is 23.4 Å². The van der Waals surface area contributed by atoms with Gasteiger partial charge in [-0.1, -0.05) is 6.92 Å². The summed E-state index contributed by atoms with van der Waals surface area (Å²) in [5.74, 6) is 3.09. The van der Waals surface area contributed by atoms with Crippen LogP contribution in [0.25, 0.3) is 0 Å². The van der Waals surface area contributed by atoms with Crippen molar-refractivity contribution in [2.45, 2.75) is 32.6 Å². The zero-order valence-corrected chi connectivity index (χ0v) is 9.68. The van der Waals surface area contributed by atoms with Crippen LogP contribution in [-0.2, 0) is 0 Å². The summed E-state index contributed by atoms with van der Waals surface area (Å²) < 4.78 is 0. The minimum Gasteiger partial charge on any atom is -0.165 e. The van der Waals surface area contributed by atoms with Crippen molar-refractivity contribution in [3.05, 3.63) is 0 Å². The first-order valence-electron chi connectivity index (χ1n) is 4.78. The Kier molecular flexibility index (Phi) is 4.25. The number of hydrogen-bond donors (Lipinski definition) is 0. The Morgan fingerprint density at radius 3 is 2.58 bits per heavy atom. The van der Waals surface area contributed by atoms with E-state index in [-0.39, 0.29) is 0 Å². The van der Waals surface area contributed by atoms with E-state index in [1.54, 1.807) is 0 Å². The number of rotatable bonds is 6. The van der Waals surface area contributed by atoms with Gasteiger partial charge >= 0.3 is 0 Å². The van der Waals surface area contributed by atoms with Crippen molar-refractivity contribution in [2.75, 3.05) is 17.9 Å². The molecule has 0 saturated heterocycles. The molecule has 0 aromatic rings. The first-order chi connectivity index (χ1) is 5.73. The van der Waals surface area contributed by atoms with Gasteiger partial charge in [-0.25, -0.2) is 0 Å². The predicted molar refractivity (Wildman–Crippen MR) is 59.2 cm³/mol. The smallest absolute Gasteiger partial charge is 0.0280 e. The van der Waals surface area contributed by atoms with Crippen molar-refractivity contribution in [2.24, 2.45) is 11.3 Å². The zero-order valence-electron chi connectivity index (χ0n) is 8.11. The highest BCUT2D eigenvalue weighted by Crippen LogP contribution is 2.48. The average Bonchev–Trinajstić information content (AvgIpc) is 2.87. The molecule has 0 aliphatic heterocycles. The maximum absolute atomic E-state index is 6.02. The molecule has 72 valence electrons. The van der Waals surface area contributed by atoms with E-state index in [9.17, 15) is 0 Å². The minimum atomic E-state index is 0.456. The molecule has 0 aromatic carbocycles. The molecular weight excluding hydrogens is 188 g/mol. The highest BCUT2D eigenvalue weighted by Gasteiger charge is 2.39. The highest BCUT2D eigenvalue weighted by molar-refractivity contribution is 7.98. The van der Waals surface area contributed by atoms with Crippen molar-refractivity contribution >= 4 is 23.4 Å². The van der Waals surface area contributed by atoms with Crippen LogP contribution in [0.3, 0.4) is 0 Å². The Balaban J connectivity index is 2.23. The van der Waals surface area contributed by atoms with Crippen LogP contribution in [0.4, 0.5) is 0 Å². The number of thioether (sulfide) groups is 1. The molecule has 1 fully saturated rings. The minimum absolute atomic E-state index is 0.456. The van der Waals surface area contributed by atoms with Gasteiger partial charge in [0.1, 0.15) is 0 Å². The molecule has 1 aliphatic rings. The van der Waals surface area contributed by atoms with Crippen LogP contribution in [0.5, 0.6) is 0 Å². The highest BCUT2D eigenvalue weighted by atomic mass is 35.5. The molecule has 0 aromatic heterocycles. The van der Waals surface area contributed by atoms with E-state index in [0.717, 1.165) is 11.8 Å². The van der Waals surface area contributed by atoms with Crippen LogP contribution < -0.4 is 0 Å². The predicted octanol–water partition coefficient (Wildman–Crippen LogP) is 3.78. The molecule has 12 heavy (non-hydrogen) atoms. The Morgan fingerprint density at radius 2 is 2.17 bits per heavy atom. The van der Waals surface area contributed by atoms with Gasteiger partial charge < -0.3 is 0 Å². The fourth-order valence-electron chi connectivity index (χ4n) is 1.78. The summed E-state index contributed by atoms with van der Waals surface area (Å²) in [6.07, 6.45) is 7.67. The molecular formula is C10H19ClS. The van der Waals surface area contributed by atoms with E-state index in [4.69, 9.17) is 11.6 Å². The Morgan fingerprint density at radius 1 is 1.50 bits per heavy atom. The lowest BCUT2D eigenvalue weighted by molar-refractivity contribution is 0.287. The van der Waals surface area contributed by atoms with Gasteiger partial charge in [0.25, 0.3) is 0 Å². The summed E-state index contributed by atoms with van der Waals surface area (Å²) in [4.78, 5) is 0. The molecule has 1 rings (SSSR count). The zero-order chi connectivity index (χ0) is 9.03. The second kappa shape index (κ2) is 4.76. The molecule has 0 bridgehead atoms. The summed E-state index contributed by atoms with van der Waals surface area (Å²) in [5.41, 5.74) is 0.456. The molecule has 0 spiro atoms. The van der Waals surface area contributed by atoms with Gasteiger partial charge in [0.05, 0.1) is 0 Å². The summed E-state index contributed by atoms with van der Waals surface area (Å²) in [7, 11) is 0. The normalized spacial score (nSPS) is 22.2. The molecule has 0 nitrogen and oxygen atoms in total. The third-order valence-electron chi connectivity index (χ3n) is 2.96. The van der Waals surface area contributed by atoms with Gasteiger partial charge in [0, 0.05) is 5.88 Å². The molecule has 0 radical (unpaired) electrons. The SMILES string of the molecule is CSCCCC(C)(CCl)C1CC1. The maximum atomic E-state index is 6.02. The lowest BCUT2D eigenvalue weighted by Gasteiger charge is -2.26. The van der Waals surface area contributed by atoms with Gasteiger partial charge in [-0.3, -0.25) is 0 Å². The van der Waals surface area contributed by atoms with Crippen LogP contribution in [0.2, 0.25) is 0 Å². The summed E-state index contributed by atoms with van der Waals surface area (Å²) >= 11 is 7.96. The Bertz CT molecular complexity index is 134. The van der Waals surface area contributed by atoms with Crippen molar-refractivity contribution in [3.63, 3.8) is 0 Å². The van der Waals surface area contributed by atoms with Crippen molar-refractivity contribution in [1.82, 2.24) is 0 Å². The standard InChI is InChI=1S/C10H19ClS/c1-10(8-11,9-4-5-9)6-3-7-12-2/h9H,3-8H2,1-2H3. The number of halogens is 1. The lowest BCUT2D eigenvalue weighted by atomic mass is 9.83. The molecule has 1 saturated carbocycles. The molecule has 0 N–H and O–H groups in total. The van der Waals surface area contributed by atoms with E-state index < -0.39 is 0 Å². The number of hydrogen-bond acceptors (Lipinski definition) is 1. The van der Waals surface area contributed by atoms with Gasteiger partial charge in [-0.2, -0.15) is 11.8 Å². The maximum Gasteiger partial charge on any atom is 0.0280 e. The fourth-order valence-corrected chi connectivity index (χ4v) is 2.57. The monoisotopic (exact) mass is 206 g/mol. The van der Waals surface area contributed by atoms with Crippen LogP contribution in [0.1, 0.15) is 32.6 Å². The Labute approximate surface area is 85.4 Å². The van der Waals surface area contributed by atoms with Crippen molar-refractivity contribution in [3.8, 4) is 0 Å². The third kappa shape index (κ3) is 2.85. The molecule has 1 atom stereocenters. The lowest BCUT2D eigenvalue weighted by Crippen LogP contribution is -2.21. The van der Waals surface area contributed by atoms with Crippen LogP contribution in [-0.4, -0.2) is 17.9 Å². The van der Waals surface area contributed by atoms with Gasteiger partial charge in [-0.15, -0.1) is 11.6 Å². The van der Waals surface area contributed by atoms with E-state index in [1.807, 2.05) is 11.8 Å². The quantitative estimate of drug-likeness (QED) is 0.471. The molecule has 0 heterocycles. The van der Waals surface area contributed by atoms with E-state index in [1.165, 1.54) is 31.4 Å². The first kappa shape index (κ1) is 10.7. The van der Waals surface area contributed by atoms with Gasteiger partial charge in [0.2, 0.25) is 0 Å². The largest absolute Gasteiger partial charge is 0.165 e. The molecule has 0 amide bonds. The van der Waals surface area contributed by atoms with E-state index in [2.05, 4.69) is 13.2 Å². The van der Waals surface area contributed by atoms with Crippen molar-refractivity contribution in [1.29, 1.82) is 0 Å². The number of alkyl halides is 1.